The van der Waals surface area contributed by atoms with Gasteiger partial charge in [0.2, 0.25) is 0 Å². The molecule has 0 aliphatic rings. The maximum atomic E-state index is 12.4. The van der Waals surface area contributed by atoms with E-state index in [1.165, 1.54) is 30.2 Å². The predicted octanol–water partition coefficient (Wildman–Crippen LogP) is 4.55. The van der Waals surface area contributed by atoms with Crippen molar-refractivity contribution in [3.05, 3.63) is 75.5 Å². The van der Waals surface area contributed by atoms with Gasteiger partial charge in [0, 0.05) is 23.7 Å². The Balaban J connectivity index is 1.61. The van der Waals surface area contributed by atoms with Crippen LogP contribution in [0.1, 0.15) is 5.76 Å². The Morgan fingerprint density at radius 1 is 1.13 bits per heavy atom. The second-order valence-electron chi connectivity index (χ2n) is 6.40. The average Bonchev–Trinajstić information content (AvgIpc) is 3.20. The second kappa shape index (κ2) is 9.32. The van der Waals surface area contributed by atoms with E-state index in [4.69, 9.17) is 25.5 Å². The van der Waals surface area contributed by atoms with Crippen molar-refractivity contribution in [2.45, 2.75) is 6.54 Å². The Labute approximate surface area is 177 Å². The zero-order valence-electron chi connectivity index (χ0n) is 16.3. The van der Waals surface area contributed by atoms with Crippen LogP contribution < -0.4 is 9.47 Å². The van der Waals surface area contributed by atoms with Gasteiger partial charge in [-0.25, -0.2) is 0 Å². The first-order valence-electron chi connectivity index (χ1n) is 8.91. The van der Waals surface area contributed by atoms with Gasteiger partial charge in [-0.1, -0.05) is 11.6 Å². The smallest absolute Gasteiger partial charge is 0.273 e. The number of carbonyl (C=O) groups is 1. The maximum Gasteiger partial charge on any atom is 0.273 e. The minimum atomic E-state index is -0.546. The first-order chi connectivity index (χ1) is 14.4. The van der Waals surface area contributed by atoms with Gasteiger partial charge < -0.3 is 18.8 Å². The lowest BCUT2D eigenvalue weighted by molar-refractivity contribution is -0.385. The largest absolute Gasteiger partial charge is 0.493 e. The van der Waals surface area contributed by atoms with Crippen molar-refractivity contribution in [2.24, 2.45) is 0 Å². The molecule has 2 aromatic carbocycles. The minimum Gasteiger partial charge on any atom is -0.493 e. The minimum absolute atomic E-state index is 0.122. The van der Waals surface area contributed by atoms with E-state index in [2.05, 4.69) is 0 Å². The second-order valence-corrected chi connectivity index (χ2v) is 6.84. The van der Waals surface area contributed by atoms with E-state index in [1.807, 2.05) is 18.2 Å². The number of nitro groups is 1. The molecule has 1 aromatic heterocycles. The molecular formula is C21H19ClN2O6. The summed E-state index contributed by atoms with van der Waals surface area (Å²) in [6, 6.07) is 14.8. The number of methoxy groups -OCH3 is 1. The molecule has 0 N–H and O–H groups in total. The van der Waals surface area contributed by atoms with Gasteiger partial charge in [0.1, 0.15) is 11.5 Å². The fourth-order valence-electron chi connectivity index (χ4n) is 2.70. The van der Waals surface area contributed by atoms with Crippen LogP contribution in [-0.2, 0) is 11.3 Å². The number of nitrogens with zero attached hydrogens (tertiary/aromatic N) is 2. The summed E-state index contributed by atoms with van der Waals surface area (Å²) in [5.74, 6) is 1.36. The van der Waals surface area contributed by atoms with Crippen molar-refractivity contribution in [1.29, 1.82) is 0 Å². The summed E-state index contributed by atoms with van der Waals surface area (Å²) in [6.45, 7) is -0.0688. The molecule has 8 nitrogen and oxygen atoms in total. The molecule has 3 rings (SSSR count). The number of nitro benzene ring substituents is 1. The van der Waals surface area contributed by atoms with Gasteiger partial charge in [0.05, 0.1) is 24.6 Å². The zero-order valence-corrected chi connectivity index (χ0v) is 17.1. The Morgan fingerprint density at radius 2 is 1.87 bits per heavy atom. The van der Waals surface area contributed by atoms with Gasteiger partial charge in [-0.3, -0.25) is 14.9 Å². The highest BCUT2D eigenvalue weighted by molar-refractivity contribution is 6.30. The highest BCUT2D eigenvalue weighted by atomic mass is 35.5. The molecule has 1 amide bonds. The fraction of sp³-hybridized carbons (Fsp3) is 0.190. The van der Waals surface area contributed by atoms with Crippen LogP contribution >= 0.6 is 11.6 Å². The molecular weight excluding hydrogens is 412 g/mol. The quantitative estimate of drug-likeness (QED) is 0.384. The molecule has 0 bridgehead atoms. The normalized spacial score (nSPS) is 10.5. The van der Waals surface area contributed by atoms with Crippen molar-refractivity contribution in [1.82, 2.24) is 4.90 Å². The predicted molar refractivity (Wildman–Crippen MR) is 111 cm³/mol. The summed E-state index contributed by atoms with van der Waals surface area (Å²) >= 11 is 5.90. The molecule has 0 unspecified atom stereocenters. The Morgan fingerprint density at radius 3 is 2.53 bits per heavy atom. The lowest BCUT2D eigenvalue weighted by Gasteiger charge is -2.17. The third-order valence-corrected chi connectivity index (χ3v) is 4.57. The number of benzene rings is 2. The van der Waals surface area contributed by atoms with Crippen molar-refractivity contribution in [2.75, 3.05) is 20.8 Å². The lowest BCUT2D eigenvalue weighted by atomic mass is 10.2. The molecule has 0 aliphatic carbocycles. The van der Waals surface area contributed by atoms with Crippen LogP contribution in [-0.4, -0.2) is 36.5 Å². The van der Waals surface area contributed by atoms with E-state index >= 15 is 0 Å². The van der Waals surface area contributed by atoms with E-state index < -0.39 is 4.92 Å². The van der Waals surface area contributed by atoms with Crippen molar-refractivity contribution >= 4 is 23.2 Å². The number of amides is 1. The van der Waals surface area contributed by atoms with Crippen LogP contribution in [0.2, 0.25) is 5.02 Å². The summed E-state index contributed by atoms with van der Waals surface area (Å²) < 4.78 is 16.4. The van der Waals surface area contributed by atoms with Gasteiger partial charge in [-0.05, 0) is 42.5 Å². The molecule has 30 heavy (non-hydrogen) atoms. The van der Waals surface area contributed by atoms with E-state index in [0.29, 0.717) is 22.3 Å². The van der Waals surface area contributed by atoms with Crippen molar-refractivity contribution < 1.29 is 23.6 Å². The van der Waals surface area contributed by atoms with Gasteiger partial charge in [-0.2, -0.15) is 0 Å². The SMILES string of the molecule is COc1ccc([N+](=O)[O-])cc1OCC(=O)N(C)Cc1ccc(-c2ccc(Cl)cc2)o1. The number of carbonyl (C=O) groups excluding carboxylic acids is 1. The number of halogens is 1. The summed E-state index contributed by atoms with van der Waals surface area (Å²) in [5, 5.41) is 11.6. The van der Waals surface area contributed by atoms with E-state index in [0.717, 1.165) is 5.56 Å². The number of non-ortho nitro benzene ring substituents is 1. The fourth-order valence-corrected chi connectivity index (χ4v) is 2.82. The van der Waals surface area contributed by atoms with E-state index in [9.17, 15) is 14.9 Å². The van der Waals surface area contributed by atoms with Crippen molar-refractivity contribution in [3.63, 3.8) is 0 Å². The molecule has 0 radical (unpaired) electrons. The van der Waals surface area contributed by atoms with Crippen molar-refractivity contribution in [3.8, 4) is 22.8 Å². The summed E-state index contributed by atoms with van der Waals surface area (Å²) in [5.41, 5.74) is 0.720. The molecule has 0 saturated carbocycles. The third kappa shape index (κ3) is 5.09. The number of ether oxygens (including phenoxy) is 2. The molecule has 0 spiro atoms. The first kappa shape index (κ1) is 21.2. The van der Waals surface area contributed by atoms with Gasteiger partial charge in [0.25, 0.3) is 11.6 Å². The topological polar surface area (TPSA) is 95.1 Å². The molecule has 0 atom stereocenters. The molecule has 1 heterocycles. The van der Waals surface area contributed by atoms with E-state index in [1.54, 1.807) is 25.2 Å². The highest BCUT2D eigenvalue weighted by Crippen LogP contribution is 2.31. The summed E-state index contributed by atoms with van der Waals surface area (Å²) in [6.07, 6.45) is 0. The van der Waals surface area contributed by atoms with Gasteiger partial charge >= 0.3 is 0 Å². The molecule has 3 aromatic rings. The number of rotatable bonds is 8. The Hall–Kier alpha value is -3.52. The Bertz CT molecular complexity index is 1050. The van der Waals surface area contributed by atoms with E-state index in [-0.39, 0.29) is 30.5 Å². The highest BCUT2D eigenvalue weighted by Gasteiger charge is 2.17. The molecule has 0 fully saturated rings. The van der Waals surface area contributed by atoms with Gasteiger partial charge in [-0.15, -0.1) is 0 Å². The van der Waals surface area contributed by atoms with Crippen LogP contribution in [0.4, 0.5) is 5.69 Å². The van der Waals surface area contributed by atoms with Crippen LogP contribution in [0, 0.1) is 10.1 Å². The van der Waals surface area contributed by atoms with Crippen LogP contribution in [0.25, 0.3) is 11.3 Å². The summed E-state index contributed by atoms with van der Waals surface area (Å²) in [4.78, 5) is 24.3. The van der Waals surface area contributed by atoms with Gasteiger partial charge in [0.15, 0.2) is 18.1 Å². The number of hydrogen-bond donors (Lipinski definition) is 0. The summed E-state index contributed by atoms with van der Waals surface area (Å²) in [7, 11) is 3.03. The molecule has 0 aliphatic heterocycles. The molecule has 0 saturated heterocycles. The zero-order chi connectivity index (χ0) is 21.7. The third-order valence-electron chi connectivity index (χ3n) is 4.32. The first-order valence-corrected chi connectivity index (χ1v) is 9.29. The number of hydrogen-bond acceptors (Lipinski definition) is 6. The monoisotopic (exact) mass is 430 g/mol. The molecule has 156 valence electrons. The maximum absolute atomic E-state index is 12.4. The lowest BCUT2D eigenvalue weighted by Crippen LogP contribution is -2.30. The van der Waals surface area contributed by atoms with Crippen LogP contribution in [0.3, 0.4) is 0 Å². The van der Waals surface area contributed by atoms with Crippen LogP contribution in [0.15, 0.2) is 59.0 Å². The number of likely N-dealkylation sites (N-methyl/N-ethyl adjacent to an activating group) is 1. The Kier molecular flexibility index (Phi) is 6.58. The standard InChI is InChI=1S/C21H19ClN2O6/c1-23(12-17-8-10-18(30-17)14-3-5-15(22)6-4-14)21(25)13-29-20-11-16(24(26)27)7-9-19(20)28-2/h3-11H,12-13H2,1-2H3. The average molecular weight is 431 g/mol. The number of furan rings is 1. The molecule has 9 heteroatoms. The van der Waals surface area contributed by atoms with Crippen LogP contribution in [0.5, 0.6) is 11.5 Å².